The normalized spacial score (nSPS) is 18.4. The standard InChI is InChI=1S/C23H28O4/c1-7-26-18-10-8-16(9-11-18)20-12-17-13-21(24-5)22(25-6)14-19(17)23(4,27-20)15(2)3/h8-15H,7H2,1-6H3. The molecule has 4 nitrogen and oxygen atoms in total. The molecular formula is C23H28O4. The van der Waals surface area contributed by atoms with Crippen molar-refractivity contribution in [2.45, 2.75) is 33.3 Å². The van der Waals surface area contributed by atoms with Crippen LogP contribution in [0.15, 0.2) is 36.4 Å². The number of hydrogen-bond donors (Lipinski definition) is 0. The highest BCUT2D eigenvalue weighted by atomic mass is 16.5. The Bertz CT molecular complexity index is 836. The lowest BCUT2D eigenvalue weighted by Gasteiger charge is -2.40. The second-order valence-electron chi connectivity index (χ2n) is 7.12. The van der Waals surface area contributed by atoms with Crippen molar-refractivity contribution in [3.63, 3.8) is 0 Å². The fourth-order valence-corrected chi connectivity index (χ4v) is 3.35. The number of benzene rings is 2. The van der Waals surface area contributed by atoms with Crippen molar-refractivity contribution in [1.29, 1.82) is 0 Å². The molecule has 0 amide bonds. The minimum Gasteiger partial charge on any atom is -0.494 e. The van der Waals surface area contributed by atoms with Crippen molar-refractivity contribution in [2.75, 3.05) is 20.8 Å². The van der Waals surface area contributed by atoms with Gasteiger partial charge in [-0.3, -0.25) is 0 Å². The fraction of sp³-hybridized carbons (Fsp3) is 0.391. The molecule has 2 aromatic carbocycles. The third-order valence-corrected chi connectivity index (χ3v) is 5.25. The molecule has 1 unspecified atom stereocenters. The van der Waals surface area contributed by atoms with Crippen LogP contribution in [0, 0.1) is 5.92 Å². The predicted octanol–water partition coefficient (Wildman–Crippen LogP) is 5.50. The molecule has 1 aliphatic heterocycles. The first-order valence-electron chi connectivity index (χ1n) is 9.33. The van der Waals surface area contributed by atoms with Gasteiger partial charge in [0.2, 0.25) is 0 Å². The van der Waals surface area contributed by atoms with Crippen molar-refractivity contribution in [2.24, 2.45) is 5.92 Å². The van der Waals surface area contributed by atoms with Crippen LogP contribution in [0.2, 0.25) is 0 Å². The zero-order valence-corrected chi connectivity index (χ0v) is 17.0. The zero-order valence-electron chi connectivity index (χ0n) is 17.0. The van der Waals surface area contributed by atoms with Crippen molar-refractivity contribution in [1.82, 2.24) is 0 Å². The quantitative estimate of drug-likeness (QED) is 0.674. The van der Waals surface area contributed by atoms with Crippen LogP contribution in [0.1, 0.15) is 44.4 Å². The molecule has 4 heteroatoms. The van der Waals surface area contributed by atoms with Gasteiger partial charge in [-0.2, -0.15) is 0 Å². The van der Waals surface area contributed by atoms with Gasteiger partial charge in [0.25, 0.3) is 0 Å². The fourth-order valence-electron chi connectivity index (χ4n) is 3.35. The van der Waals surface area contributed by atoms with Gasteiger partial charge in [0.05, 0.1) is 20.8 Å². The van der Waals surface area contributed by atoms with Crippen LogP contribution in [-0.4, -0.2) is 20.8 Å². The van der Waals surface area contributed by atoms with Crippen LogP contribution < -0.4 is 14.2 Å². The van der Waals surface area contributed by atoms with E-state index in [-0.39, 0.29) is 5.92 Å². The molecule has 1 heterocycles. The molecule has 3 rings (SSSR count). The Hall–Kier alpha value is -2.62. The van der Waals surface area contributed by atoms with E-state index in [2.05, 4.69) is 26.8 Å². The highest BCUT2D eigenvalue weighted by Gasteiger charge is 2.39. The Morgan fingerprint density at radius 3 is 2.19 bits per heavy atom. The molecule has 144 valence electrons. The number of ether oxygens (including phenoxy) is 4. The Morgan fingerprint density at radius 1 is 1.00 bits per heavy atom. The smallest absolute Gasteiger partial charge is 0.161 e. The Labute approximate surface area is 161 Å². The summed E-state index contributed by atoms with van der Waals surface area (Å²) in [5.74, 6) is 3.39. The third kappa shape index (κ3) is 3.48. The summed E-state index contributed by atoms with van der Waals surface area (Å²) in [5.41, 5.74) is 2.73. The van der Waals surface area contributed by atoms with Gasteiger partial charge in [0.1, 0.15) is 17.1 Å². The number of methoxy groups -OCH3 is 2. The second kappa shape index (κ2) is 7.55. The van der Waals surface area contributed by atoms with Gasteiger partial charge in [0.15, 0.2) is 11.5 Å². The van der Waals surface area contributed by atoms with Crippen LogP contribution in [-0.2, 0) is 10.3 Å². The Kier molecular flexibility index (Phi) is 5.36. The maximum Gasteiger partial charge on any atom is 0.161 e. The predicted molar refractivity (Wildman–Crippen MR) is 108 cm³/mol. The molecule has 0 bridgehead atoms. The largest absolute Gasteiger partial charge is 0.494 e. The summed E-state index contributed by atoms with van der Waals surface area (Å²) in [4.78, 5) is 0. The van der Waals surface area contributed by atoms with E-state index >= 15 is 0 Å². The van der Waals surface area contributed by atoms with Crippen LogP contribution >= 0.6 is 0 Å². The van der Waals surface area contributed by atoms with Gasteiger partial charge in [0, 0.05) is 11.1 Å². The number of hydrogen-bond acceptors (Lipinski definition) is 4. The van der Waals surface area contributed by atoms with E-state index in [9.17, 15) is 0 Å². The molecule has 0 radical (unpaired) electrons. The van der Waals surface area contributed by atoms with Gasteiger partial charge >= 0.3 is 0 Å². The lowest BCUT2D eigenvalue weighted by Crippen LogP contribution is -2.34. The SMILES string of the molecule is CCOc1ccc(C2=Cc3cc(OC)c(OC)cc3C(C)(C(C)C)O2)cc1. The summed E-state index contributed by atoms with van der Waals surface area (Å²) >= 11 is 0. The molecule has 2 aromatic rings. The average Bonchev–Trinajstić information content (AvgIpc) is 2.67. The summed E-state index contributed by atoms with van der Waals surface area (Å²) in [5, 5.41) is 0. The first-order valence-corrected chi connectivity index (χ1v) is 9.33. The molecule has 1 atom stereocenters. The molecular weight excluding hydrogens is 340 g/mol. The van der Waals surface area contributed by atoms with Crippen molar-refractivity contribution in [3.8, 4) is 17.2 Å². The summed E-state index contributed by atoms with van der Waals surface area (Å²) in [6.07, 6.45) is 2.07. The lowest BCUT2D eigenvalue weighted by molar-refractivity contribution is 0.00657. The molecule has 0 aliphatic carbocycles. The zero-order chi connectivity index (χ0) is 19.6. The summed E-state index contributed by atoms with van der Waals surface area (Å²) in [6, 6.07) is 12.1. The van der Waals surface area contributed by atoms with E-state index in [0.717, 1.165) is 28.2 Å². The molecule has 0 saturated carbocycles. The maximum atomic E-state index is 6.54. The molecule has 27 heavy (non-hydrogen) atoms. The molecule has 0 spiro atoms. The highest BCUT2D eigenvalue weighted by Crippen LogP contribution is 2.47. The molecule has 0 fully saturated rings. The average molecular weight is 368 g/mol. The number of fused-ring (bicyclic) bond motifs is 1. The number of rotatable bonds is 6. The van der Waals surface area contributed by atoms with Crippen LogP contribution in [0.3, 0.4) is 0 Å². The monoisotopic (exact) mass is 368 g/mol. The van der Waals surface area contributed by atoms with Crippen LogP contribution in [0.5, 0.6) is 17.2 Å². The van der Waals surface area contributed by atoms with E-state index in [1.807, 2.05) is 43.3 Å². The van der Waals surface area contributed by atoms with E-state index in [1.165, 1.54) is 0 Å². The van der Waals surface area contributed by atoms with Gasteiger partial charge in [-0.15, -0.1) is 0 Å². The molecule has 0 saturated heterocycles. The Balaban J connectivity index is 2.11. The summed E-state index contributed by atoms with van der Waals surface area (Å²) < 4.78 is 23.1. The minimum atomic E-state index is -0.475. The molecule has 1 aliphatic rings. The van der Waals surface area contributed by atoms with E-state index < -0.39 is 5.60 Å². The van der Waals surface area contributed by atoms with Crippen molar-refractivity contribution >= 4 is 11.8 Å². The third-order valence-electron chi connectivity index (χ3n) is 5.25. The molecule has 0 aromatic heterocycles. The van der Waals surface area contributed by atoms with E-state index in [0.29, 0.717) is 18.1 Å². The first kappa shape index (κ1) is 19.2. The second-order valence-corrected chi connectivity index (χ2v) is 7.12. The van der Waals surface area contributed by atoms with Crippen LogP contribution in [0.25, 0.3) is 11.8 Å². The van der Waals surface area contributed by atoms with E-state index in [1.54, 1.807) is 14.2 Å². The first-order chi connectivity index (χ1) is 12.9. The van der Waals surface area contributed by atoms with Crippen LogP contribution in [0.4, 0.5) is 0 Å². The van der Waals surface area contributed by atoms with Crippen molar-refractivity contribution in [3.05, 3.63) is 53.1 Å². The van der Waals surface area contributed by atoms with Gasteiger partial charge < -0.3 is 18.9 Å². The van der Waals surface area contributed by atoms with Crippen molar-refractivity contribution < 1.29 is 18.9 Å². The van der Waals surface area contributed by atoms with Gasteiger partial charge in [-0.1, -0.05) is 13.8 Å². The summed E-state index contributed by atoms with van der Waals surface area (Å²) in [7, 11) is 3.31. The Morgan fingerprint density at radius 2 is 1.63 bits per heavy atom. The molecule has 0 N–H and O–H groups in total. The van der Waals surface area contributed by atoms with Gasteiger partial charge in [-0.25, -0.2) is 0 Å². The maximum absolute atomic E-state index is 6.54. The topological polar surface area (TPSA) is 36.9 Å². The lowest BCUT2D eigenvalue weighted by atomic mass is 9.80. The summed E-state index contributed by atoms with van der Waals surface area (Å²) in [6.45, 7) is 9.10. The van der Waals surface area contributed by atoms with E-state index in [4.69, 9.17) is 18.9 Å². The minimum absolute atomic E-state index is 0.265. The van der Waals surface area contributed by atoms with Gasteiger partial charge in [-0.05, 0) is 67.8 Å². The highest BCUT2D eigenvalue weighted by molar-refractivity contribution is 5.82.